The minimum atomic E-state index is -0.596. The van der Waals surface area contributed by atoms with Gasteiger partial charge < -0.3 is 10.1 Å². The lowest BCUT2D eigenvalue weighted by Crippen LogP contribution is -2.39. The second kappa shape index (κ2) is 8.44. The van der Waals surface area contributed by atoms with E-state index in [0.717, 1.165) is 17.7 Å². The van der Waals surface area contributed by atoms with E-state index in [-0.39, 0.29) is 11.7 Å². The van der Waals surface area contributed by atoms with Gasteiger partial charge in [-0.25, -0.2) is 13.9 Å². The van der Waals surface area contributed by atoms with Gasteiger partial charge in [0.25, 0.3) is 0 Å². The molecule has 1 amide bonds. The molecule has 3 rings (SSSR count). The van der Waals surface area contributed by atoms with Gasteiger partial charge in [-0.15, -0.1) is 10.2 Å². The lowest BCUT2D eigenvalue weighted by molar-refractivity contribution is 0.0482. The third-order valence-electron chi connectivity index (χ3n) is 4.49. The number of halogens is 1. The SMILES string of the molecule is CC[C@H](C)[C@H](NC(=O)OC(C)(C)C)c1nnc2n1NC(c1ccc(F)cc1)=CS2. The maximum Gasteiger partial charge on any atom is 0.408 e. The fourth-order valence-electron chi connectivity index (χ4n) is 2.82. The molecule has 9 heteroatoms. The van der Waals surface area contributed by atoms with Crippen LogP contribution < -0.4 is 10.7 Å². The molecule has 0 aliphatic carbocycles. The summed E-state index contributed by atoms with van der Waals surface area (Å²) in [7, 11) is 0. The number of ether oxygens (including phenoxy) is 1. The number of aromatic nitrogens is 3. The van der Waals surface area contributed by atoms with Gasteiger partial charge in [-0.05, 0) is 51.0 Å². The molecule has 2 heterocycles. The van der Waals surface area contributed by atoms with Crippen molar-refractivity contribution in [1.29, 1.82) is 0 Å². The summed E-state index contributed by atoms with van der Waals surface area (Å²) >= 11 is 1.41. The summed E-state index contributed by atoms with van der Waals surface area (Å²) in [5.41, 5.74) is 4.32. The van der Waals surface area contributed by atoms with Gasteiger partial charge in [-0.2, -0.15) is 0 Å². The van der Waals surface area contributed by atoms with E-state index in [2.05, 4.69) is 20.9 Å². The first kappa shape index (κ1) is 21.2. The number of alkyl carbamates (subject to hydrolysis) is 1. The predicted molar refractivity (Wildman–Crippen MR) is 111 cm³/mol. The first-order chi connectivity index (χ1) is 13.7. The average molecular weight is 420 g/mol. The smallest absolute Gasteiger partial charge is 0.408 e. The van der Waals surface area contributed by atoms with Crippen molar-refractivity contribution in [3.8, 4) is 0 Å². The highest BCUT2D eigenvalue weighted by molar-refractivity contribution is 8.02. The fourth-order valence-corrected chi connectivity index (χ4v) is 3.56. The highest BCUT2D eigenvalue weighted by atomic mass is 32.2. The Morgan fingerprint density at radius 2 is 2.00 bits per heavy atom. The van der Waals surface area contributed by atoms with Crippen LogP contribution in [0.4, 0.5) is 9.18 Å². The van der Waals surface area contributed by atoms with Gasteiger partial charge in [0.05, 0.1) is 11.7 Å². The number of nitrogens with zero attached hydrogens (tertiary/aromatic N) is 3. The van der Waals surface area contributed by atoms with Crippen LogP contribution in [0, 0.1) is 11.7 Å². The molecule has 0 fully saturated rings. The molecule has 156 valence electrons. The van der Waals surface area contributed by atoms with Crippen molar-refractivity contribution in [3.63, 3.8) is 0 Å². The first-order valence-electron chi connectivity index (χ1n) is 9.52. The molecule has 1 aromatic heterocycles. The van der Waals surface area contributed by atoms with Gasteiger partial charge in [0, 0.05) is 11.0 Å². The summed E-state index contributed by atoms with van der Waals surface area (Å²) in [6, 6.07) is 5.84. The third-order valence-corrected chi connectivity index (χ3v) is 5.32. The highest BCUT2D eigenvalue weighted by Crippen LogP contribution is 2.32. The predicted octanol–water partition coefficient (Wildman–Crippen LogP) is 4.68. The Balaban J connectivity index is 1.86. The van der Waals surface area contributed by atoms with E-state index in [1.165, 1.54) is 23.9 Å². The van der Waals surface area contributed by atoms with Crippen LogP contribution in [0.1, 0.15) is 58.5 Å². The van der Waals surface area contributed by atoms with E-state index in [1.807, 2.05) is 40.0 Å². The van der Waals surface area contributed by atoms with Crippen LogP contribution in [-0.2, 0) is 4.74 Å². The zero-order chi connectivity index (χ0) is 21.2. The third kappa shape index (κ3) is 5.09. The van der Waals surface area contributed by atoms with Gasteiger partial charge in [0.2, 0.25) is 5.16 Å². The van der Waals surface area contributed by atoms with Crippen LogP contribution in [0.25, 0.3) is 5.70 Å². The van der Waals surface area contributed by atoms with Gasteiger partial charge in [0.1, 0.15) is 11.4 Å². The van der Waals surface area contributed by atoms with E-state index in [9.17, 15) is 9.18 Å². The Morgan fingerprint density at radius 1 is 1.31 bits per heavy atom. The molecule has 7 nitrogen and oxygen atoms in total. The normalized spacial score (nSPS) is 15.6. The molecule has 0 saturated carbocycles. The summed E-state index contributed by atoms with van der Waals surface area (Å²) in [5.74, 6) is 0.394. The quantitative estimate of drug-likeness (QED) is 0.733. The molecule has 2 aromatic rings. The van der Waals surface area contributed by atoms with Crippen LogP contribution >= 0.6 is 11.8 Å². The summed E-state index contributed by atoms with van der Waals surface area (Å²) in [5, 5.41) is 14.1. The van der Waals surface area contributed by atoms with Crippen LogP contribution in [0.15, 0.2) is 34.8 Å². The monoisotopic (exact) mass is 419 g/mol. The number of thioether (sulfide) groups is 1. The Kier molecular flexibility index (Phi) is 6.16. The fraction of sp³-hybridized carbons (Fsp3) is 0.450. The summed E-state index contributed by atoms with van der Waals surface area (Å²) in [4.78, 5) is 12.4. The summed E-state index contributed by atoms with van der Waals surface area (Å²) in [6.45, 7) is 9.55. The van der Waals surface area contributed by atoms with Crippen molar-refractivity contribution in [2.45, 2.75) is 57.8 Å². The molecule has 0 unspecified atom stereocenters. The van der Waals surface area contributed by atoms with Crippen LogP contribution in [-0.4, -0.2) is 26.6 Å². The summed E-state index contributed by atoms with van der Waals surface area (Å²) < 4.78 is 20.4. The molecule has 29 heavy (non-hydrogen) atoms. The van der Waals surface area contributed by atoms with Crippen LogP contribution in [0.2, 0.25) is 0 Å². The zero-order valence-electron chi connectivity index (χ0n) is 17.2. The molecule has 0 saturated heterocycles. The lowest BCUT2D eigenvalue weighted by Gasteiger charge is -2.28. The Hall–Kier alpha value is -2.55. The molecule has 1 aliphatic heterocycles. The van der Waals surface area contributed by atoms with Crippen molar-refractivity contribution in [1.82, 2.24) is 20.2 Å². The van der Waals surface area contributed by atoms with E-state index >= 15 is 0 Å². The number of carbonyl (C=O) groups excluding carboxylic acids is 1. The first-order valence-corrected chi connectivity index (χ1v) is 10.4. The number of carbonyl (C=O) groups is 1. The second-order valence-electron chi connectivity index (χ2n) is 7.95. The number of hydrogen-bond donors (Lipinski definition) is 2. The van der Waals surface area contributed by atoms with E-state index in [1.54, 1.807) is 16.8 Å². The number of fused-ring (bicyclic) bond motifs is 1. The zero-order valence-corrected chi connectivity index (χ0v) is 18.0. The van der Waals surface area contributed by atoms with Crippen molar-refractivity contribution >= 4 is 23.6 Å². The molecule has 0 radical (unpaired) electrons. The largest absolute Gasteiger partial charge is 0.444 e. The van der Waals surface area contributed by atoms with Gasteiger partial charge >= 0.3 is 6.09 Å². The minimum absolute atomic E-state index is 0.0998. The molecule has 1 aliphatic rings. The number of rotatable bonds is 5. The van der Waals surface area contributed by atoms with Crippen molar-refractivity contribution in [2.24, 2.45) is 5.92 Å². The number of hydrogen-bond acceptors (Lipinski definition) is 6. The Bertz CT molecular complexity index is 905. The number of benzene rings is 1. The van der Waals surface area contributed by atoms with Crippen molar-refractivity contribution < 1.29 is 13.9 Å². The van der Waals surface area contributed by atoms with E-state index in [4.69, 9.17) is 4.74 Å². The molecule has 2 N–H and O–H groups in total. The summed E-state index contributed by atoms with van der Waals surface area (Å²) in [6.07, 6.45) is 0.328. The topological polar surface area (TPSA) is 81.1 Å². The highest BCUT2D eigenvalue weighted by Gasteiger charge is 2.30. The second-order valence-corrected chi connectivity index (χ2v) is 8.79. The van der Waals surface area contributed by atoms with Gasteiger partial charge in [-0.1, -0.05) is 32.0 Å². The number of amides is 1. The standard InChI is InChI=1S/C20H26FN5O2S/c1-6-12(2)16(22-19(27)28-20(3,4)5)17-23-24-18-26(17)25-15(11-29-18)13-7-9-14(21)10-8-13/h7-12,16,25H,6H2,1-5H3,(H,22,27)/t12-,16-/m0/s1. The van der Waals surface area contributed by atoms with Crippen LogP contribution in [0.3, 0.4) is 0 Å². The molecule has 2 atom stereocenters. The minimum Gasteiger partial charge on any atom is -0.444 e. The molecule has 0 spiro atoms. The van der Waals surface area contributed by atoms with Gasteiger partial charge in [-0.3, -0.25) is 5.43 Å². The number of nitrogens with one attached hydrogen (secondary N) is 2. The Morgan fingerprint density at radius 3 is 2.62 bits per heavy atom. The molecular formula is C20H26FN5O2S. The molecule has 0 bridgehead atoms. The maximum absolute atomic E-state index is 13.3. The van der Waals surface area contributed by atoms with Crippen molar-refractivity contribution in [2.75, 3.05) is 5.43 Å². The molecule has 1 aromatic carbocycles. The molecular weight excluding hydrogens is 393 g/mol. The van der Waals surface area contributed by atoms with Gasteiger partial charge in [0.15, 0.2) is 5.82 Å². The van der Waals surface area contributed by atoms with E-state index in [0.29, 0.717) is 11.0 Å². The average Bonchev–Trinajstić information content (AvgIpc) is 3.07. The van der Waals surface area contributed by atoms with Crippen LogP contribution in [0.5, 0.6) is 0 Å². The Labute approximate surface area is 174 Å². The lowest BCUT2D eigenvalue weighted by atomic mass is 9.98. The van der Waals surface area contributed by atoms with E-state index < -0.39 is 17.7 Å². The van der Waals surface area contributed by atoms with Crippen molar-refractivity contribution in [3.05, 3.63) is 46.9 Å². The maximum atomic E-state index is 13.3.